The van der Waals surface area contributed by atoms with E-state index in [1.54, 1.807) is 18.0 Å². The molecule has 0 heterocycles. The predicted molar refractivity (Wildman–Crippen MR) is 50.6 cm³/mol. The Labute approximate surface area is 66.9 Å². The number of allylic oxidation sites excluding steroid dienone is 2. The summed E-state index contributed by atoms with van der Waals surface area (Å²) in [5, 5.41) is 0. The van der Waals surface area contributed by atoms with Crippen LogP contribution in [0.25, 0.3) is 0 Å². The van der Waals surface area contributed by atoms with Crippen LogP contribution in [-0.4, -0.2) is 12.5 Å². The molecule has 0 saturated heterocycles. The molecule has 0 bridgehead atoms. The van der Waals surface area contributed by atoms with E-state index < -0.39 is 0 Å². The Morgan fingerprint density at radius 2 is 2.10 bits per heavy atom. The van der Waals surface area contributed by atoms with Crippen LogP contribution in [0.15, 0.2) is 28.2 Å². The van der Waals surface area contributed by atoms with E-state index in [0.29, 0.717) is 0 Å². The van der Waals surface area contributed by atoms with E-state index in [0.717, 1.165) is 4.91 Å². The Bertz CT molecular complexity index is 164. The minimum Gasteiger partial charge on any atom is -0.264 e. The lowest BCUT2D eigenvalue weighted by Gasteiger charge is -1.87. The summed E-state index contributed by atoms with van der Waals surface area (Å²) in [7, 11) is 0. The van der Waals surface area contributed by atoms with E-state index in [9.17, 15) is 0 Å². The number of nitrogens with zero attached hydrogens (tertiary/aromatic N) is 1. The first-order valence-electron chi connectivity index (χ1n) is 3.06. The maximum absolute atomic E-state index is 4.03. The molecule has 56 valence electrons. The lowest BCUT2D eigenvalue weighted by Crippen LogP contribution is -1.72. The summed E-state index contributed by atoms with van der Waals surface area (Å²) in [6.45, 7) is 7.78. The van der Waals surface area contributed by atoms with E-state index in [1.807, 2.05) is 26.3 Å². The zero-order valence-electron chi connectivity index (χ0n) is 6.72. The third kappa shape index (κ3) is 5.63. The van der Waals surface area contributed by atoms with Crippen molar-refractivity contribution in [3.05, 3.63) is 23.3 Å². The van der Waals surface area contributed by atoms with Crippen LogP contribution in [-0.2, 0) is 0 Å². The number of hydrogen-bond acceptors (Lipinski definition) is 2. The quantitative estimate of drug-likeness (QED) is 0.571. The highest BCUT2D eigenvalue weighted by Crippen LogP contribution is 2.04. The van der Waals surface area contributed by atoms with Crippen molar-refractivity contribution in [3.63, 3.8) is 0 Å². The molecule has 0 aliphatic heterocycles. The molecule has 0 aliphatic rings. The molecular formula is C8H13NS. The Balaban J connectivity index is 3.77. The molecule has 2 heteroatoms. The van der Waals surface area contributed by atoms with Gasteiger partial charge >= 0.3 is 0 Å². The van der Waals surface area contributed by atoms with Gasteiger partial charge in [-0.05, 0) is 20.1 Å². The van der Waals surface area contributed by atoms with E-state index in [4.69, 9.17) is 0 Å². The smallest absolute Gasteiger partial charge is 0.0397 e. The first-order valence-corrected chi connectivity index (χ1v) is 4.28. The van der Waals surface area contributed by atoms with Crippen LogP contribution < -0.4 is 0 Å². The van der Waals surface area contributed by atoms with Crippen LogP contribution in [0, 0.1) is 0 Å². The summed E-state index contributed by atoms with van der Waals surface area (Å²) < 4.78 is 0. The molecule has 0 aliphatic carbocycles. The van der Waals surface area contributed by atoms with E-state index >= 15 is 0 Å². The van der Waals surface area contributed by atoms with Gasteiger partial charge in [-0.3, -0.25) is 4.99 Å². The molecule has 0 unspecified atom stereocenters. The highest BCUT2D eigenvalue weighted by Gasteiger charge is 1.79. The van der Waals surface area contributed by atoms with Gasteiger partial charge < -0.3 is 0 Å². The maximum atomic E-state index is 4.03. The molecule has 0 aromatic carbocycles. The summed E-state index contributed by atoms with van der Waals surface area (Å²) in [6, 6.07) is 0. The van der Waals surface area contributed by atoms with Crippen LogP contribution in [0.1, 0.15) is 13.8 Å². The summed E-state index contributed by atoms with van der Waals surface area (Å²) in [6.07, 6.45) is 5.57. The molecule has 0 spiro atoms. The van der Waals surface area contributed by atoms with Crippen LogP contribution >= 0.6 is 11.8 Å². The summed E-state index contributed by atoms with van der Waals surface area (Å²) in [5.74, 6) is 0. The third-order valence-electron chi connectivity index (χ3n) is 0.813. The van der Waals surface area contributed by atoms with Gasteiger partial charge in [0.2, 0.25) is 0 Å². The molecule has 0 N–H and O–H groups in total. The van der Waals surface area contributed by atoms with Crippen molar-refractivity contribution in [3.8, 4) is 0 Å². The van der Waals surface area contributed by atoms with E-state index in [1.165, 1.54) is 5.57 Å². The molecule has 0 radical (unpaired) electrons. The highest BCUT2D eigenvalue weighted by molar-refractivity contribution is 8.03. The predicted octanol–water partition coefficient (Wildman–Crippen LogP) is 2.86. The molecule has 0 saturated carbocycles. The standard InChI is InChI=1S/C8H13NS/c1-7(2)5-9-6-8(3)10-4/h5-6H,3H2,1-2,4H3. The fraction of sp³-hybridized carbons (Fsp3) is 0.375. The van der Waals surface area contributed by atoms with Crippen molar-refractivity contribution in [1.29, 1.82) is 0 Å². The highest BCUT2D eigenvalue weighted by atomic mass is 32.2. The molecule has 1 nitrogen and oxygen atoms in total. The minimum atomic E-state index is 0.984. The first-order chi connectivity index (χ1) is 4.66. The Morgan fingerprint density at radius 3 is 2.50 bits per heavy atom. The van der Waals surface area contributed by atoms with Crippen LogP contribution in [0.4, 0.5) is 0 Å². The van der Waals surface area contributed by atoms with Crippen molar-refractivity contribution in [2.24, 2.45) is 4.99 Å². The second kappa shape index (κ2) is 5.30. The Kier molecular flexibility index (Phi) is 5.03. The molecule has 0 amide bonds. The Morgan fingerprint density at radius 1 is 1.50 bits per heavy atom. The Hall–Kier alpha value is -0.500. The van der Waals surface area contributed by atoms with Gasteiger partial charge in [-0.1, -0.05) is 12.2 Å². The normalized spacial score (nSPS) is 9.90. The zero-order chi connectivity index (χ0) is 7.98. The van der Waals surface area contributed by atoms with E-state index in [2.05, 4.69) is 11.6 Å². The lowest BCUT2D eigenvalue weighted by atomic mass is 10.4. The topological polar surface area (TPSA) is 12.4 Å². The number of thioether (sulfide) groups is 1. The SMILES string of the molecule is C=C(C=NC=C(C)C)SC. The van der Waals surface area contributed by atoms with Crippen molar-refractivity contribution in [2.45, 2.75) is 13.8 Å². The van der Waals surface area contributed by atoms with Gasteiger partial charge in [-0.25, -0.2) is 0 Å². The largest absolute Gasteiger partial charge is 0.264 e. The van der Waals surface area contributed by atoms with Crippen molar-refractivity contribution < 1.29 is 0 Å². The second-order valence-corrected chi connectivity index (χ2v) is 3.09. The number of rotatable bonds is 3. The third-order valence-corrected chi connectivity index (χ3v) is 1.44. The average molecular weight is 155 g/mol. The van der Waals surface area contributed by atoms with E-state index in [-0.39, 0.29) is 0 Å². The molecule has 0 rings (SSSR count). The average Bonchev–Trinajstić information content (AvgIpc) is 1.87. The summed E-state index contributed by atoms with van der Waals surface area (Å²) in [4.78, 5) is 5.02. The van der Waals surface area contributed by atoms with Gasteiger partial charge in [0.05, 0.1) is 0 Å². The number of aliphatic imine (C=N–C) groups is 1. The fourth-order valence-electron chi connectivity index (χ4n) is 0.322. The molecule has 0 aromatic rings. The zero-order valence-corrected chi connectivity index (χ0v) is 7.53. The van der Waals surface area contributed by atoms with Crippen molar-refractivity contribution >= 4 is 18.0 Å². The van der Waals surface area contributed by atoms with Gasteiger partial charge in [0.25, 0.3) is 0 Å². The van der Waals surface area contributed by atoms with Gasteiger partial charge in [-0.2, -0.15) is 0 Å². The molecule has 0 fully saturated rings. The molecule has 0 aromatic heterocycles. The van der Waals surface area contributed by atoms with Gasteiger partial charge in [-0.15, -0.1) is 11.8 Å². The minimum absolute atomic E-state index is 0.984. The van der Waals surface area contributed by atoms with Crippen molar-refractivity contribution in [2.75, 3.05) is 6.26 Å². The summed E-state index contributed by atoms with van der Waals surface area (Å²) >= 11 is 1.60. The van der Waals surface area contributed by atoms with Crippen molar-refractivity contribution in [1.82, 2.24) is 0 Å². The van der Waals surface area contributed by atoms with Gasteiger partial charge in [0.1, 0.15) is 0 Å². The number of hydrogen-bond donors (Lipinski definition) is 0. The maximum Gasteiger partial charge on any atom is 0.0397 e. The monoisotopic (exact) mass is 155 g/mol. The molecular weight excluding hydrogens is 142 g/mol. The van der Waals surface area contributed by atoms with Gasteiger partial charge in [0.15, 0.2) is 0 Å². The first kappa shape index (κ1) is 9.50. The van der Waals surface area contributed by atoms with Crippen LogP contribution in [0.5, 0.6) is 0 Å². The summed E-state index contributed by atoms with van der Waals surface area (Å²) in [5.41, 5.74) is 1.20. The fourth-order valence-corrected chi connectivity index (χ4v) is 0.488. The second-order valence-electron chi connectivity index (χ2n) is 2.16. The van der Waals surface area contributed by atoms with Gasteiger partial charge in [0, 0.05) is 17.3 Å². The van der Waals surface area contributed by atoms with Crippen LogP contribution in [0.2, 0.25) is 0 Å². The van der Waals surface area contributed by atoms with Crippen LogP contribution in [0.3, 0.4) is 0 Å². The molecule has 10 heavy (non-hydrogen) atoms. The lowest BCUT2D eigenvalue weighted by molar-refractivity contribution is 1.34. The molecule has 0 atom stereocenters.